The molecule has 1 aromatic carbocycles. The van der Waals surface area contributed by atoms with Crippen LogP contribution in [0.5, 0.6) is 0 Å². The van der Waals surface area contributed by atoms with Gasteiger partial charge >= 0.3 is 0 Å². The molecule has 1 saturated carbocycles. The van der Waals surface area contributed by atoms with Crippen molar-refractivity contribution in [3.63, 3.8) is 0 Å². The minimum Gasteiger partial charge on any atom is -0.379 e. The maximum absolute atomic E-state index is 13.3. The van der Waals surface area contributed by atoms with Crippen LogP contribution in [0.4, 0.5) is 4.39 Å². The van der Waals surface area contributed by atoms with Crippen molar-refractivity contribution in [2.24, 2.45) is 5.73 Å². The van der Waals surface area contributed by atoms with Gasteiger partial charge in [-0.25, -0.2) is 4.39 Å². The third-order valence-corrected chi connectivity index (χ3v) is 4.63. The lowest BCUT2D eigenvalue weighted by molar-refractivity contribution is -0.0688. The Kier molecular flexibility index (Phi) is 5.13. The van der Waals surface area contributed by atoms with Crippen LogP contribution in [0.25, 0.3) is 0 Å². The topological polar surface area (TPSA) is 38.5 Å². The van der Waals surface area contributed by atoms with Gasteiger partial charge in [0, 0.05) is 20.2 Å². The number of nitrogens with two attached hydrogens (primary N) is 1. The van der Waals surface area contributed by atoms with Crippen molar-refractivity contribution >= 4 is 0 Å². The molecule has 2 unspecified atom stereocenters. The summed E-state index contributed by atoms with van der Waals surface area (Å²) in [4.78, 5) is 2.25. The number of benzene rings is 1. The lowest BCUT2D eigenvalue weighted by atomic mass is 9.77. The highest BCUT2D eigenvalue weighted by Crippen LogP contribution is 2.35. The maximum atomic E-state index is 13.3. The third-order valence-electron chi connectivity index (χ3n) is 4.63. The molecule has 0 aliphatic heterocycles. The van der Waals surface area contributed by atoms with Crippen LogP contribution >= 0.6 is 0 Å². The fourth-order valence-electron chi connectivity index (χ4n) is 3.42. The van der Waals surface area contributed by atoms with Gasteiger partial charge in [-0.2, -0.15) is 0 Å². The zero-order valence-electron chi connectivity index (χ0n) is 12.4. The van der Waals surface area contributed by atoms with Gasteiger partial charge in [-0.15, -0.1) is 0 Å². The SMILES string of the molecule is COC1CCCCC1(CN)N(C)Cc1cccc(F)c1. The second kappa shape index (κ2) is 6.66. The Hall–Kier alpha value is -0.970. The highest BCUT2D eigenvalue weighted by atomic mass is 19.1. The van der Waals surface area contributed by atoms with Crippen LogP contribution in [-0.2, 0) is 11.3 Å². The summed E-state index contributed by atoms with van der Waals surface area (Å²) in [6, 6.07) is 6.77. The smallest absolute Gasteiger partial charge is 0.123 e. The van der Waals surface area contributed by atoms with E-state index in [1.54, 1.807) is 19.2 Å². The second-order valence-corrected chi connectivity index (χ2v) is 5.76. The zero-order chi connectivity index (χ0) is 14.6. The molecule has 3 nitrogen and oxygen atoms in total. The highest BCUT2D eigenvalue weighted by Gasteiger charge is 2.43. The predicted molar refractivity (Wildman–Crippen MR) is 78.9 cm³/mol. The third kappa shape index (κ3) is 3.03. The van der Waals surface area contributed by atoms with Crippen molar-refractivity contribution in [3.8, 4) is 0 Å². The fraction of sp³-hybridized carbons (Fsp3) is 0.625. The Labute approximate surface area is 120 Å². The molecule has 0 radical (unpaired) electrons. The molecule has 1 aliphatic carbocycles. The van der Waals surface area contributed by atoms with Gasteiger partial charge in [0.2, 0.25) is 0 Å². The standard InChI is InChI=1S/C16H25FN2O/c1-19(11-13-6-5-7-14(17)10-13)16(12-18)9-4-3-8-15(16)20-2/h5-7,10,15H,3-4,8-9,11-12,18H2,1-2H3. The van der Waals surface area contributed by atoms with E-state index in [1.165, 1.54) is 18.9 Å². The number of rotatable bonds is 5. The molecule has 0 bridgehead atoms. The molecule has 4 heteroatoms. The van der Waals surface area contributed by atoms with Crippen molar-refractivity contribution in [2.75, 3.05) is 20.7 Å². The van der Waals surface area contributed by atoms with Gasteiger partial charge < -0.3 is 10.5 Å². The highest BCUT2D eigenvalue weighted by molar-refractivity contribution is 5.17. The van der Waals surface area contributed by atoms with Crippen molar-refractivity contribution in [1.29, 1.82) is 0 Å². The minimum atomic E-state index is -0.190. The number of likely N-dealkylation sites (N-methyl/N-ethyl adjacent to an activating group) is 1. The van der Waals surface area contributed by atoms with Crippen LogP contribution in [0.2, 0.25) is 0 Å². The summed E-state index contributed by atoms with van der Waals surface area (Å²) < 4.78 is 19.0. The Morgan fingerprint density at radius 1 is 1.45 bits per heavy atom. The maximum Gasteiger partial charge on any atom is 0.123 e. The van der Waals surface area contributed by atoms with Crippen molar-refractivity contribution in [1.82, 2.24) is 4.90 Å². The average molecular weight is 280 g/mol. The molecular weight excluding hydrogens is 255 g/mol. The zero-order valence-corrected chi connectivity index (χ0v) is 12.4. The number of halogens is 1. The quantitative estimate of drug-likeness (QED) is 0.901. The fourth-order valence-corrected chi connectivity index (χ4v) is 3.42. The molecule has 20 heavy (non-hydrogen) atoms. The molecule has 1 aliphatic rings. The van der Waals surface area contributed by atoms with Gasteiger partial charge in [0.1, 0.15) is 5.82 Å². The van der Waals surface area contributed by atoms with Crippen LogP contribution in [0, 0.1) is 5.82 Å². The first-order valence-electron chi connectivity index (χ1n) is 7.31. The van der Waals surface area contributed by atoms with E-state index in [2.05, 4.69) is 11.9 Å². The van der Waals surface area contributed by atoms with Crippen LogP contribution < -0.4 is 5.73 Å². The molecule has 2 rings (SSSR count). The lowest BCUT2D eigenvalue weighted by Gasteiger charge is -2.48. The van der Waals surface area contributed by atoms with E-state index in [1.807, 2.05) is 6.07 Å². The largest absolute Gasteiger partial charge is 0.379 e. The molecule has 112 valence electrons. The molecule has 0 heterocycles. The normalized spacial score (nSPS) is 26.9. The summed E-state index contributed by atoms with van der Waals surface area (Å²) in [6.45, 7) is 1.26. The molecule has 0 spiro atoms. The van der Waals surface area contributed by atoms with Crippen LogP contribution in [0.1, 0.15) is 31.2 Å². The molecule has 0 amide bonds. The molecule has 1 fully saturated rings. The number of hydrogen-bond acceptors (Lipinski definition) is 3. The van der Waals surface area contributed by atoms with Gasteiger partial charge in [0.25, 0.3) is 0 Å². The summed E-state index contributed by atoms with van der Waals surface area (Å²) in [5.41, 5.74) is 6.93. The van der Waals surface area contributed by atoms with E-state index in [-0.39, 0.29) is 17.5 Å². The van der Waals surface area contributed by atoms with Crippen molar-refractivity contribution < 1.29 is 9.13 Å². The molecule has 0 aromatic heterocycles. The Bertz CT molecular complexity index is 440. The summed E-state index contributed by atoms with van der Waals surface area (Å²) in [5.74, 6) is -0.190. The van der Waals surface area contributed by atoms with E-state index >= 15 is 0 Å². The molecular formula is C16H25FN2O. The first kappa shape index (κ1) is 15.4. The van der Waals surface area contributed by atoms with Gasteiger partial charge in [-0.05, 0) is 37.6 Å². The minimum absolute atomic E-state index is 0.140. The first-order valence-corrected chi connectivity index (χ1v) is 7.31. The number of methoxy groups -OCH3 is 1. The van der Waals surface area contributed by atoms with E-state index in [4.69, 9.17) is 10.5 Å². The van der Waals surface area contributed by atoms with E-state index in [9.17, 15) is 4.39 Å². The Morgan fingerprint density at radius 3 is 2.90 bits per heavy atom. The number of hydrogen-bond donors (Lipinski definition) is 1. The van der Waals surface area contributed by atoms with Crippen LogP contribution in [0.3, 0.4) is 0 Å². The Morgan fingerprint density at radius 2 is 2.25 bits per heavy atom. The predicted octanol–water partition coefficient (Wildman–Crippen LogP) is 2.54. The molecule has 0 saturated heterocycles. The summed E-state index contributed by atoms with van der Waals surface area (Å²) >= 11 is 0. The molecule has 2 N–H and O–H groups in total. The van der Waals surface area contributed by atoms with Gasteiger partial charge in [-0.3, -0.25) is 4.90 Å². The second-order valence-electron chi connectivity index (χ2n) is 5.76. The number of nitrogens with zero attached hydrogens (tertiary/aromatic N) is 1. The summed E-state index contributed by atoms with van der Waals surface area (Å²) in [6.07, 6.45) is 4.59. The first-order chi connectivity index (χ1) is 9.62. The molecule has 2 atom stereocenters. The van der Waals surface area contributed by atoms with Gasteiger partial charge in [0.05, 0.1) is 11.6 Å². The number of ether oxygens (including phenoxy) is 1. The van der Waals surface area contributed by atoms with E-state index in [0.717, 1.165) is 18.4 Å². The van der Waals surface area contributed by atoms with Gasteiger partial charge in [-0.1, -0.05) is 25.0 Å². The van der Waals surface area contributed by atoms with Crippen LogP contribution in [0.15, 0.2) is 24.3 Å². The monoisotopic (exact) mass is 280 g/mol. The van der Waals surface area contributed by atoms with Crippen molar-refractivity contribution in [2.45, 2.75) is 43.9 Å². The van der Waals surface area contributed by atoms with Crippen molar-refractivity contribution in [3.05, 3.63) is 35.6 Å². The Balaban J connectivity index is 2.17. The summed E-state index contributed by atoms with van der Waals surface area (Å²) in [7, 11) is 3.82. The lowest BCUT2D eigenvalue weighted by Crippen LogP contribution is -2.61. The van der Waals surface area contributed by atoms with E-state index < -0.39 is 0 Å². The van der Waals surface area contributed by atoms with Gasteiger partial charge in [0.15, 0.2) is 0 Å². The molecule has 1 aromatic rings. The van der Waals surface area contributed by atoms with E-state index in [0.29, 0.717) is 13.1 Å². The summed E-state index contributed by atoms with van der Waals surface area (Å²) in [5, 5.41) is 0. The van der Waals surface area contributed by atoms with Crippen LogP contribution in [-0.4, -0.2) is 37.2 Å². The average Bonchev–Trinajstić information content (AvgIpc) is 2.46.